The maximum Gasteiger partial charge on any atom is 0.227 e. The van der Waals surface area contributed by atoms with Crippen molar-refractivity contribution in [2.24, 2.45) is 0 Å². The van der Waals surface area contributed by atoms with Crippen LogP contribution in [0.1, 0.15) is 0 Å². The van der Waals surface area contributed by atoms with E-state index in [0.717, 1.165) is 19.6 Å². The molecule has 0 atom stereocenters. The summed E-state index contributed by atoms with van der Waals surface area (Å²) < 4.78 is 0. The number of rotatable bonds is 2. The molecule has 1 rings (SSSR count). The molecule has 1 aliphatic heterocycles. The van der Waals surface area contributed by atoms with E-state index in [1.54, 1.807) is 4.90 Å². The highest BCUT2D eigenvalue weighted by Gasteiger charge is 2.18. The summed E-state index contributed by atoms with van der Waals surface area (Å²) in [7, 11) is 0. The van der Waals surface area contributed by atoms with Gasteiger partial charge in [-0.05, 0) is 0 Å². The van der Waals surface area contributed by atoms with Crippen molar-refractivity contribution in [2.75, 3.05) is 39.3 Å². The van der Waals surface area contributed by atoms with Gasteiger partial charge in [-0.1, -0.05) is 0 Å². The fourth-order valence-electron chi connectivity index (χ4n) is 1.38. The lowest BCUT2D eigenvalue weighted by atomic mass is 10.3. The second kappa shape index (κ2) is 4.83. The number of nitrogens with zero attached hydrogens (tertiary/aromatic N) is 3. The van der Waals surface area contributed by atoms with Crippen molar-refractivity contribution in [3.05, 3.63) is 18.3 Å². The molecule has 1 aliphatic rings. The number of hydrogen-bond donors (Lipinski definition) is 0. The summed E-state index contributed by atoms with van der Waals surface area (Å²) in [6.07, 6.45) is 0. The Morgan fingerprint density at radius 1 is 1.38 bits per heavy atom. The maximum atomic E-state index is 10.8. The van der Waals surface area contributed by atoms with Gasteiger partial charge in [0.1, 0.15) is 0 Å². The van der Waals surface area contributed by atoms with Crippen molar-refractivity contribution >= 4 is 5.91 Å². The molecule has 0 bridgehead atoms. The minimum atomic E-state index is -0.343. The molecule has 1 amide bonds. The van der Waals surface area contributed by atoms with Crippen molar-refractivity contribution in [1.29, 1.82) is 0 Å². The molecule has 1 fully saturated rings. The topological polar surface area (TPSA) is 27.9 Å². The first kappa shape index (κ1) is 10.0. The third-order valence-corrected chi connectivity index (χ3v) is 2.21. The fourth-order valence-corrected chi connectivity index (χ4v) is 1.38. The molecule has 2 radical (unpaired) electrons. The third kappa shape index (κ3) is 3.03. The van der Waals surface area contributed by atoms with E-state index >= 15 is 0 Å². The third-order valence-electron chi connectivity index (χ3n) is 2.21. The molecule has 0 aromatic rings. The predicted octanol–water partition coefficient (Wildman–Crippen LogP) is -0.239. The van der Waals surface area contributed by atoms with Gasteiger partial charge in [-0.2, -0.15) is 0 Å². The van der Waals surface area contributed by atoms with Crippen LogP contribution >= 0.6 is 0 Å². The Morgan fingerprint density at radius 2 is 2.00 bits per heavy atom. The first-order valence-corrected chi connectivity index (χ1v) is 4.34. The van der Waals surface area contributed by atoms with Crippen LogP contribution in [0.4, 0.5) is 0 Å². The second-order valence-corrected chi connectivity index (χ2v) is 3.05. The summed E-state index contributed by atoms with van der Waals surface area (Å²) in [5, 5.41) is 0. The molecule has 70 valence electrons. The molecule has 0 spiro atoms. The van der Waals surface area contributed by atoms with Crippen LogP contribution in [0.15, 0.2) is 0 Å². The number of amides is 1. The standard InChI is InChI=1S/C9H13N3O/c1-9(13)12-7-5-11(6-8-12)4-3-10-2/h1H,3-8H2. The number of carbonyl (C=O) groups is 1. The van der Waals surface area contributed by atoms with Gasteiger partial charge in [-0.25, -0.2) is 6.57 Å². The molecule has 13 heavy (non-hydrogen) atoms. The Labute approximate surface area is 78.9 Å². The summed E-state index contributed by atoms with van der Waals surface area (Å²) in [6.45, 7) is 16.2. The monoisotopic (exact) mass is 179 g/mol. The highest BCUT2D eigenvalue weighted by molar-refractivity contribution is 5.80. The van der Waals surface area contributed by atoms with Gasteiger partial charge in [-0.3, -0.25) is 9.69 Å². The quantitative estimate of drug-likeness (QED) is 0.547. The van der Waals surface area contributed by atoms with Gasteiger partial charge in [0, 0.05) is 26.2 Å². The number of piperazine rings is 1. The van der Waals surface area contributed by atoms with Crippen LogP contribution in [0.3, 0.4) is 0 Å². The molecular weight excluding hydrogens is 166 g/mol. The van der Waals surface area contributed by atoms with Gasteiger partial charge in [-0.15, -0.1) is 0 Å². The summed E-state index contributed by atoms with van der Waals surface area (Å²) in [5.74, 6) is -0.343. The maximum absolute atomic E-state index is 10.8. The minimum Gasteiger partial charge on any atom is -0.340 e. The zero-order valence-corrected chi connectivity index (χ0v) is 7.57. The number of hydrogen-bond acceptors (Lipinski definition) is 2. The lowest BCUT2D eigenvalue weighted by Gasteiger charge is -2.32. The molecule has 0 aliphatic carbocycles. The Morgan fingerprint density at radius 3 is 2.46 bits per heavy atom. The van der Waals surface area contributed by atoms with Crippen molar-refractivity contribution in [2.45, 2.75) is 0 Å². The van der Waals surface area contributed by atoms with E-state index in [1.807, 2.05) is 0 Å². The van der Waals surface area contributed by atoms with Gasteiger partial charge < -0.3 is 9.74 Å². The van der Waals surface area contributed by atoms with Crippen LogP contribution in [-0.2, 0) is 4.79 Å². The zero-order chi connectivity index (χ0) is 9.68. The molecule has 0 unspecified atom stereocenters. The van der Waals surface area contributed by atoms with E-state index in [2.05, 4.69) is 9.74 Å². The van der Waals surface area contributed by atoms with Crippen LogP contribution in [0, 0.1) is 13.5 Å². The van der Waals surface area contributed by atoms with E-state index in [0.29, 0.717) is 19.6 Å². The Hall–Kier alpha value is -1.08. The summed E-state index contributed by atoms with van der Waals surface area (Å²) in [6, 6.07) is 0. The van der Waals surface area contributed by atoms with E-state index < -0.39 is 0 Å². The normalized spacial score (nSPS) is 18.3. The van der Waals surface area contributed by atoms with Crippen molar-refractivity contribution in [1.82, 2.24) is 9.80 Å². The summed E-state index contributed by atoms with van der Waals surface area (Å²) >= 11 is 0. The first-order valence-electron chi connectivity index (χ1n) is 4.34. The second-order valence-electron chi connectivity index (χ2n) is 3.05. The molecule has 0 aromatic carbocycles. The van der Waals surface area contributed by atoms with Crippen molar-refractivity contribution in [3.8, 4) is 0 Å². The van der Waals surface area contributed by atoms with Gasteiger partial charge in [0.2, 0.25) is 12.5 Å². The van der Waals surface area contributed by atoms with Gasteiger partial charge in [0.25, 0.3) is 0 Å². The van der Waals surface area contributed by atoms with E-state index in [9.17, 15) is 4.79 Å². The highest BCUT2D eigenvalue weighted by atomic mass is 16.2. The lowest BCUT2D eigenvalue weighted by molar-refractivity contribution is -0.127. The number of carbonyl (C=O) groups excluding carboxylic acids is 1. The van der Waals surface area contributed by atoms with Crippen LogP contribution in [0.5, 0.6) is 0 Å². The van der Waals surface area contributed by atoms with E-state index in [-0.39, 0.29) is 5.91 Å². The van der Waals surface area contributed by atoms with Gasteiger partial charge in [0.15, 0.2) is 0 Å². The van der Waals surface area contributed by atoms with Crippen LogP contribution < -0.4 is 0 Å². The Bertz CT molecular complexity index is 213. The van der Waals surface area contributed by atoms with Gasteiger partial charge in [0.05, 0.1) is 13.5 Å². The Kier molecular flexibility index (Phi) is 3.71. The Balaban J connectivity index is 2.23. The highest BCUT2D eigenvalue weighted by Crippen LogP contribution is 2.00. The van der Waals surface area contributed by atoms with Crippen molar-refractivity contribution < 1.29 is 4.79 Å². The largest absolute Gasteiger partial charge is 0.340 e. The van der Waals surface area contributed by atoms with Gasteiger partial charge >= 0.3 is 0 Å². The molecule has 4 heteroatoms. The molecule has 1 saturated heterocycles. The summed E-state index contributed by atoms with van der Waals surface area (Å²) in [4.78, 5) is 17.9. The first-order chi connectivity index (χ1) is 6.24. The van der Waals surface area contributed by atoms with Crippen LogP contribution in [-0.4, -0.2) is 55.0 Å². The lowest BCUT2D eigenvalue weighted by Crippen LogP contribution is -2.48. The minimum absolute atomic E-state index is 0.343. The molecular formula is C9H13N3O. The molecule has 4 nitrogen and oxygen atoms in total. The molecule has 1 heterocycles. The molecule has 0 N–H and O–H groups in total. The predicted molar refractivity (Wildman–Crippen MR) is 48.8 cm³/mol. The molecule has 0 aromatic heterocycles. The van der Waals surface area contributed by atoms with E-state index in [4.69, 9.17) is 13.5 Å². The molecule has 0 saturated carbocycles. The van der Waals surface area contributed by atoms with Crippen LogP contribution in [0.2, 0.25) is 0 Å². The zero-order valence-electron chi connectivity index (χ0n) is 7.57. The van der Waals surface area contributed by atoms with Crippen LogP contribution in [0.25, 0.3) is 4.85 Å². The average molecular weight is 179 g/mol. The smallest absolute Gasteiger partial charge is 0.227 e. The fraction of sp³-hybridized carbons (Fsp3) is 0.667. The SMILES string of the molecule is [C-]#[N+]CCN1CCN(C([CH])=O)CC1. The average Bonchev–Trinajstić information content (AvgIpc) is 2.15. The summed E-state index contributed by atoms with van der Waals surface area (Å²) in [5.41, 5.74) is 0. The van der Waals surface area contributed by atoms with E-state index in [1.165, 1.54) is 0 Å². The van der Waals surface area contributed by atoms with Crippen molar-refractivity contribution in [3.63, 3.8) is 0 Å².